The highest BCUT2D eigenvalue weighted by Gasteiger charge is 2.24. The molecule has 3 nitrogen and oxygen atoms in total. The number of hydrogen-bond donors (Lipinski definition) is 0. The molecule has 0 fully saturated rings. The molecule has 0 aliphatic heterocycles. The van der Waals surface area contributed by atoms with Gasteiger partial charge in [-0.25, -0.2) is 0 Å². The van der Waals surface area contributed by atoms with E-state index in [1.165, 1.54) is 87.7 Å². The maximum atomic E-state index is 2.48. The van der Waals surface area contributed by atoms with Crippen molar-refractivity contribution in [2.24, 2.45) is 0 Å². The number of aromatic nitrogens is 3. The van der Waals surface area contributed by atoms with Gasteiger partial charge in [0.15, 0.2) is 0 Å². The van der Waals surface area contributed by atoms with E-state index in [9.17, 15) is 0 Å². The Labute approximate surface area is 329 Å². The van der Waals surface area contributed by atoms with Crippen LogP contribution in [-0.2, 0) is 0 Å². The monoisotopic (exact) mass is 725 g/mol. The van der Waals surface area contributed by atoms with Gasteiger partial charge in [-0.3, -0.25) is 0 Å². The van der Waals surface area contributed by atoms with E-state index in [0.717, 1.165) is 17.1 Å². The third-order valence-corrected chi connectivity index (χ3v) is 11.8. The zero-order valence-electron chi connectivity index (χ0n) is 31.0. The first-order valence-corrected chi connectivity index (χ1v) is 19.6. The number of hydrogen-bond acceptors (Lipinski definition) is 0. The van der Waals surface area contributed by atoms with Crippen LogP contribution in [-0.4, -0.2) is 13.7 Å². The fraction of sp³-hybridized carbons (Fsp3) is 0. The van der Waals surface area contributed by atoms with Crippen LogP contribution in [0.5, 0.6) is 0 Å². The van der Waals surface area contributed by atoms with Gasteiger partial charge in [0.05, 0.1) is 33.1 Å². The fourth-order valence-corrected chi connectivity index (χ4v) is 9.39. The van der Waals surface area contributed by atoms with Gasteiger partial charge in [0, 0.05) is 54.9 Å². The van der Waals surface area contributed by atoms with Crippen LogP contribution < -0.4 is 0 Å². The Morgan fingerprint density at radius 2 is 0.702 bits per heavy atom. The standard InChI is InChI=1S/C54H35N3/c1-4-19-39(20-5-1)55-48-28-13-10-25-42(48)44-32-31-37(34-51(44)55)36-17-16-18-38(33-36)46-35-47-43-26-11-14-29-49(43)56(40-21-6-2-7-22-40)54(47)52-45-27-12-15-30-50(45)57(53(46)52)41-23-8-3-9-24-41/h1-35H. The van der Waals surface area contributed by atoms with Crippen molar-refractivity contribution in [3.8, 4) is 39.3 Å². The molecule has 0 aliphatic rings. The molecule has 0 unspecified atom stereocenters. The summed E-state index contributed by atoms with van der Waals surface area (Å²) in [5.74, 6) is 0. The smallest absolute Gasteiger partial charge is 0.0641 e. The molecule has 0 amide bonds. The van der Waals surface area contributed by atoms with Crippen LogP contribution in [0.1, 0.15) is 0 Å². The second-order valence-electron chi connectivity index (χ2n) is 14.9. The summed E-state index contributed by atoms with van der Waals surface area (Å²) < 4.78 is 7.34. The van der Waals surface area contributed by atoms with E-state index in [1.54, 1.807) is 0 Å². The average Bonchev–Trinajstić information content (AvgIpc) is 3.93. The summed E-state index contributed by atoms with van der Waals surface area (Å²) in [6, 6.07) is 77.4. The lowest BCUT2D eigenvalue weighted by molar-refractivity contribution is 1.17. The van der Waals surface area contributed by atoms with Crippen LogP contribution in [0.25, 0.3) is 105 Å². The first kappa shape index (κ1) is 31.7. The minimum absolute atomic E-state index is 1.14. The van der Waals surface area contributed by atoms with Crippen LogP contribution in [0.4, 0.5) is 0 Å². The molecular formula is C54H35N3. The van der Waals surface area contributed by atoms with Crippen LogP contribution >= 0.6 is 0 Å². The summed E-state index contributed by atoms with van der Waals surface area (Å²) in [6.07, 6.45) is 0. The van der Waals surface area contributed by atoms with E-state index in [-0.39, 0.29) is 0 Å². The molecule has 0 aliphatic carbocycles. The van der Waals surface area contributed by atoms with Crippen LogP contribution in [0.2, 0.25) is 0 Å². The highest BCUT2D eigenvalue weighted by Crippen LogP contribution is 2.47. The molecular weight excluding hydrogens is 691 g/mol. The first-order chi connectivity index (χ1) is 28.3. The maximum Gasteiger partial charge on any atom is 0.0641 e. The predicted octanol–water partition coefficient (Wildman–Crippen LogP) is 14.3. The van der Waals surface area contributed by atoms with E-state index in [2.05, 4.69) is 226 Å². The molecule has 0 radical (unpaired) electrons. The van der Waals surface area contributed by atoms with Crippen molar-refractivity contribution in [2.75, 3.05) is 0 Å². The van der Waals surface area contributed by atoms with Gasteiger partial charge in [-0.2, -0.15) is 0 Å². The highest BCUT2D eigenvalue weighted by atomic mass is 15.0. The third kappa shape index (κ3) is 4.73. The number of benzene rings is 9. The number of para-hydroxylation sites is 6. The van der Waals surface area contributed by atoms with Crippen molar-refractivity contribution in [2.45, 2.75) is 0 Å². The van der Waals surface area contributed by atoms with Gasteiger partial charge in [0.1, 0.15) is 0 Å². The molecule has 0 bridgehead atoms. The van der Waals surface area contributed by atoms with E-state index in [0.29, 0.717) is 0 Å². The van der Waals surface area contributed by atoms with Gasteiger partial charge in [0.25, 0.3) is 0 Å². The zero-order chi connectivity index (χ0) is 37.5. The largest absolute Gasteiger partial charge is 0.309 e. The van der Waals surface area contributed by atoms with Crippen molar-refractivity contribution in [1.82, 2.24) is 13.7 Å². The van der Waals surface area contributed by atoms with E-state index < -0.39 is 0 Å². The molecule has 3 heteroatoms. The fourth-order valence-electron chi connectivity index (χ4n) is 9.39. The SMILES string of the molecule is c1ccc(-n2c3ccccc3c3ccc(-c4cccc(-c5cc6c7ccccc7n(-c7ccccc7)c6c6c7ccccc7n(-c7ccccc7)c56)c4)cc32)cc1. The highest BCUT2D eigenvalue weighted by molar-refractivity contribution is 6.29. The van der Waals surface area contributed by atoms with Gasteiger partial charge in [-0.05, 0) is 89.5 Å². The molecule has 57 heavy (non-hydrogen) atoms. The van der Waals surface area contributed by atoms with Crippen LogP contribution in [0.15, 0.2) is 212 Å². The maximum absolute atomic E-state index is 2.48. The molecule has 12 rings (SSSR count). The quantitative estimate of drug-likeness (QED) is 0.168. The summed E-state index contributed by atoms with van der Waals surface area (Å²) in [4.78, 5) is 0. The van der Waals surface area contributed by atoms with Gasteiger partial charge in [-0.15, -0.1) is 0 Å². The summed E-state index contributed by atoms with van der Waals surface area (Å²) in [6.45, 7) is 0. The molecule has 0 spiro atoms. The van der Waals surface area contributed by atoms with Crippen molar-refractivity contribution in [3.63, 3.8) is 0 Å². The summed E-state index contributed by atoms with van der Waals surface area (Å²) in [7, 11) is 0. The van der Waals surface area contributed by atoms with E-state index in [4.69, 9.17) is 0 Å². The van der Waals surface area contributed by atoms with Crippen molar-refractivity contribution in [3.05, 3.63) is 212 Å². The summed E-state index contributed by atoms with van der Waals surface area (Å²) in [5.41, 5.74) is 15.4. The van der Waals surface area contributed by atoms with Crippen LogP contribution in [0, 0.1) is 0 Å². The molecule has 0 saturated carbocycles. The third-order valence-electron chi connectivity index (χ3n) is 11.8. The van der Waals surface area contributed by atoms with Gasteiger partial charge in [0.2, 0.25) is 0 Å². The van der Waals surface area contributed by atoms with Crippen molar-refractivity contribution in [1.29, 1.82) is 0 Å². The molecule has 0 N–H and O–H groups in total. The zero-order valence-corrected chi connectivity index (χ0v) is 31.0. The van der Waals surface area contributed by atoms with Gasteiger partial charge in [-0.1, -0.05) is 140 Å². The lowest BCUT2D eigenvalue weighted by Crippen LogP contribution is -1.97. The Hall–Kier alpha value is -7.62. The summed E-state index contributed by atoms with van der Waals surface area (Å²) in [5, 5.41) is 7.48. The Morgan fingerprint density at radius 1 is 0.246 bits per heavy atom. The predicted molar refractivity (Wildman–Crippen MR) is 240 cm³/mol. The number of fused-ring (bicyclic) bond motifs is 10. The van der Waals surface area contributed by atoms with E-state index >= 15 is 0 Å². The van der Waals surface area contributed by atoms with E-state index in [1.807, 2.05) is 0 Å². The average molecular weight is 726 g/mol. The number of nitrogens with zero attached hydrogens (tertiary/aromatic N) is 3. The Balaban J connectivity index is 1.18. The first-order valence-electron chi connectivity index (χ1n) is 19.6. The molecule has 266 valence electrons. The lowest BCUT2D eigenvalue weighted by Gasteiger charge is -2.15. The number of rotatable bonds is 5. The lowest BCUT2D eigenvalue weighted by atomic mass is 9.95. The Morgan fingerprint density at radius 3 is 1.35 bits per heavy atom. The molecule has 3 aromatic heterocycles. The second-order valence-corrected chi connectivity index (χ2v) is 14.9. The second kappa shape index (κ2) is 12.5. The molecule has 9 aromatic carbocycles. The molecule has 0 atom stereocenters. The van der Waals surface area contributed by atoms with Crippen molar-refractivity contribution >= 4 is 65.4 Å². The Kier molecular flexibility index (Phi) is 6.93. The molecule has 0 saturated heterocycles. The summed E-state index contributed by atoms with van der Waals surface area (Å²) >= 11 is 0. The molecule has 3 heterocycles. The topological polar surface area (TPSA) is 14.8 Å². The van der Waals surface area contributed by atoms with Gasteiger partial charge >= 0.3 is 0 Å². The molecule has 12 aromatic rings. The Bertz CT molecular complexity index is 3500. The minimum Gasteiger partial charge on any atom is -0.309 e. The normalized spacial score (nSPS) is 11.9. The van der Waals surface area contributed by atoms with Gasteiger partial charge < -0.3 is 13.7 Å². The van der Waals surface area contributed by atoms with Crippen molar-refractivity contribution < 1.29 is 0 Å². The minimum atomic E-state index is 1.14. The van der Waals surface area contributed by atoms with Crippen LogP contribution in [0.3, 0.4) is 0 Å².